The molecule has 0 radical (unpaired) electrons. The Balaban J connectivity index is 1.89. The van der Waals surface area contributed by atoms with Crippen LogP contribution in [0.3, 0.4) is 0 Å². The van der Waals surface area contributed by atoms with Crippen molar-refractivity contribution < 1.29 is 13.2 Å². The van der Waals surface area contributed by atoms with Gasteiger partial charge in [0.15, 0.2) is 4.91 Å². The lowest BCUT2D eigenvalue weighted by Gasteiger charge is -2.31. The first-order valence-corrected chi connectivity index (χ1v) is 11.9. The maximum absolute atomic E-state index is 13.6. The Labute approximate surface area is 189 Å². The van der Waals surface area contributed by atoms with Crippen molar-refractivity contribution in [2.24, 2.45) is 0 Å². The van der Waals surface area contributed by atoms with Gasteiger partial charge in [-0.3, -0.25) is 9.10 Å². The number of carbonyl (C=O) groups is 1. The number of sulfonamides is 1. The van der Waals surface area contributed by atoms with E-state index in [4.69, 9.17) is 0 Å². The molecule has 0 fully saturated rings. The summed E-state index contributed by atoms with van der Waals surface area (Å²) in [4.78, 5) is 13.3. The zero-order valence-electron chi connectivity index (χ0n) is 18.6. The summed E-state index contributed by atoms with van der Waals surface area (Å²) >= 11 is 0. The van der Waals surface area contributed by atoms with Crippen molar-refractivity contribution in [3.8, 4) is 0 Å². The summed E-state index contributed by atoms with van der Waals surface area (Å²) in [5, 5.41) is 2.94. The molecule has 0 aliphatic carbocycles. The first-order chi connectivity index (χ1) is 15.2. The number of amides is 1. The Morgan fingerprint density at radius 2 is 1.59 bits per heavy atom. The number of nitrogens with zero attached hydrogens (tertiary/aromatic N) is 1. The van der Waals surface area contributed by atoms with Gasteiger partial charge in [-0.25, -0.2) is 8.42 Å². The van der Waals surface area contributed by atoms with Crippen molar-refractivity contribution in [2.45, 2.75) is 26.8 Å². The topological polar surface area (TPSA) is 66.5 Å². The van der Waals surface area contributed by atoms with Crippen molar-refractivity contribution in [1.82, 2.24) is 5.32 Å². The fraction of sp³-hybridized carbons (Fsp3) is 0.192. The average Bonchev–Trinajstić information content (AvgIpc) is 2.78. The SMILES string of the molecule is Cc1ccc(C)c([C@@H](C)NC(=O)C2=C(c3ccccc3)c3ccccc3N(C)S2(=O)=O)c1. The van der Waals surface area contributed by atoms with E-state index in [1.165, 1.54) is 11.4 Å². The van der Waals surface area contributed by atoms with Gasteiger partial charge >= 0.3 is 0 Å². The molecule has 32 heavy (non-hydrogen) atoms. The van der Waals surface area contributed by atoms with Crippen LogP contribution in [0.4, 0.5) is 5.69 Å². The smallest absolute Gasteiger partial charge is 0.270 e. The molecule has 3 aromatic rings. The summed E-state index contributed by atoms with van der Waals surface area (Å²) in [6.07, 6.45) is 0. The highest BCUT2D eigenvalue weighted by Crippen LogP contribution is 2.42. The lowest BCUT2D eigenvalue weighted by molar-refractivity contribution is -0.117. The molecule has 1 N–H and O–H groups in total. The number of fused-ring (bicyclic) bond motifs is 1. The number of para-hydroxylation sites is 1. The molecule has 5 nitrogen and oxygen atoms in total. The second-order valence-electron chi connectivity index (χ2n) is 8.12. The summed E-state index contributed by atoms with van der Waals surface area (Å²) in [6.45, 7) is 5.84. The van der Waals surface area contributed by atoms with Gasteiger partial charge in [0, 0.05) is 18.2 Å². The van der Waals surface area contributed by atoms with Crippen LogP contribution in [0.5, 0.6) is 0 Å². The van der Waals surface area contributed by atoms with E-state index >= 15 is 0 Å². The first-order valence-electron chi connectivity index (χ1n) is 10.5. The Morgan fingerprint density at radius 1 is 0.938 bits per heavy atom. The first kappa shape index (κ1) is 21.8. The van der Waals surface area contributed by atoms with Gasteiger partial charge in [0.05, 0.1) is 11.7 Å². The zero-order chi connectivity index (χ0) is 23.0. The Morgan fingerprint density at radius 3 is 2.31 bits per heavy atom. The minimum absolute atomic E-state index is 0.234. The maximum atomic E-state index is 13.6. The summed E-state index contributed by atoms with van der Waals surface area (Å²) in [5.74, 6) is -0.612. The van der Waals surface area contributed by atoms with Crippen molar-refractivity contribution in [3.63, 3.8) is 0 Å². The molecule has 0 bridgehead atoms. The Hall–Kier alpha value is -3.38. The van der Waals surface area contributed by atoms with Gasteiger partial charge < -0.3 is 5.32 Å². The molecule has 164 valence electrons. The Bertz CT molecular complexity index is 1330. The number of aryl methyl sites for hydroxylation is 2. The quantitative estimate of drug-likeness (QED) is 0.631. The van der Waals surface area contributed by atoms with Gasteiger partial charge in [-0.05, 0) is 43.5 Å². The predicted molar refractivity (Wildman–Crippen MR) is 129 cm³/mol. The van der Waals surface area contributed by atoms with E-state index in [1.807, 2.05) is 81.4 Å². The lowest BCUT2D eigenvalue weighted by atomic mass is 9.95. The van der Waals surface area contributed by atoms with Crippen LogP contribution in [-0.4, -0.2) is 21.4 Å². The number of rotatable bonds is 4. The average molecular weight is 447 g/mol. The standard InChI is InChI=1S/C26H26N2O3S/c1-17-14-15-18(2)22(16-17)19(3)27-26(29)25-24(20-10-6-5-7-11-20)21-12-8-9-13-23(21)28(4)32(25,30)31/h5-16,19H,1-4H3,(H,27,29)/t19-/m1/s1. The van der Waals surface area contributed by atoms with Gasteiger partial charge in [0.1, 0.15) is 0 Å². The number of carbonyl (C=O) groups excluding carboxylic acids is 1. The van der Waals surface area contributed by atoms with Crippen molar-refractivity contribution in [2.75, 3.05) is 11.4 Å². The van der Waals surface area contributed by atoms with Crippen molar-refractivity contribution in [1.29, 1.82) is 0 Å². The van der Waals surface area contributed by atoms with Crippen LogP contribution in [0.1, 0.15) is 40.8 Å². The lowest BCUT2D eigenvalue weighted by Crippen LogP contribution is -2.40. The van der Waals surface area contributed by atoms with E-state index in [0.717, 1.165) is 16.7 Å². The third-order valence-corrected chi connectivity index (χ3v) is 7.70. The highest BCUT2D eigenvalue weighted by molar-refractivity contribution is 7.97. The van der Waals surface area contributed by atoms with Crippen LogP contribution in [0.25, 0.3) is 5.57 Å². The molecule has 1 heterocycles. The molecule has 0 saturated carbocycles. The number of nitrogens with one attached hydrogen (secondary N) is 1. The van der Waals surface area contributed by atoms with E-state index in [1.54, 1.807) is 12.1 Å². The normalized spacial score (nSPS) is 15.8. The minimum atomic E-state index is -4.06. The van der Waals surface area contributed by atoms with Crippen molar-refractivity contribution >= 4 is 27.2 Å². The molecule has 1 atom stereocenters. The molecule has 3 aromatic carbocycles. The third kappa shape index (κ3) is 3.71. The van der Waals surface area contributed by atoms with Crippen LogP contribution in [0, 0.1) is 13.8 Å². The van der Waals surface area contributed by atoms with Gasteiger partial charge in [-0.2, -0.15) is 0 Å². The summed E-state index contributed by atoms with van der Waals surface area (Å²) in [5.41, 5.74) is 5.43. The molecule has 1 aliphatic heterocycles. The molecule has 0 aromatic heterocycles. The van der Waals surface area contributed by atoms with E-state index in [-0.39, 0.29) is 10.9 Å². The highest BCUT2D eigenvalue weighted by atomic mass is 32.2. The number of hydrogen-bond acceptors (Lipinski definition) is 3. The van der Waals surface area contributed by atoms with E-state index in [2.05, 4.69) is 5.32 Å². The number of hydrogen-bond donors (Lipinski definition) is 1. The molecular weight excluding hydrogens is 420 g/mol. The van der Waals surface area contributed by atoms with E-state index in [0.29, 0.717) is 22.4 Å². The zero-order valence-corrected chi connectivity index (χ0v) is 19.4. The summed E-state index contributed by atoms with van der Waals surface area (Å²) < 4.78 is 28.3. The second-order valence-corrected chi connectivity index (χ2v) is 10.0. The van der Waals surface area contributed by atoms with Crippen molar-refractivity contribution in [3.05, 3.63) is 106 Å². The van der Waals surface area contributed by atoms with Gasteiger partial charge in [-0.1, -0.05) is 72.3 Å². The molecule has 1 aliphatic rings. The van der Waals surface area contributed by atoms with Crippen LogP contribution < -0.4 is 9.62 Å². The molecule has 1 amide bonds. The number of benzene rings is 3. The molecule has 6 heteroatoms. The number of anilines is 1. The maximum Gasteiger partial charge on any atom is 0.270 e. The largest absolute Gasteiger partial charge is 0.345 e. The fourth-order valence-corrected chi connectivity index (χ4v) is 5.64. The third-order valence-electron chi connectivity index (χ3n) is 5.88. The molecule has 0 spiro atoms. The summed E-state index contributed by atoms with van der Waals surface area (Å²) in [6, 6.07) is 22.1. The van der Waals surface area contributed by atoms with E-state index in [9.17, 15) is 13.2 Å². The predicted octanol–water partition coefficient (Wildman–Crippen LogP) is 4.72. The minimum Gasteiger partial charge on any atom is -0.345 e. The van der Waals surface area contributed by atoms with Crippen LogP contribution in [0.2, 0.25) is 0 Å². The van der Waals surface area contributed by atoms with Crippen LogP contribution >= 0.6 is 0 Å². The Kier molecular flexibility index (Phi) is 5.65. The molecule has 0 saturated heterocycles. The van der Waals surface area contributed by atoms with Gasteiger partial charge in [-0.15, -0.1) is 0 Å². The second kappa shape index (κ2) is 8.28. The highest BCUT2D eigenvalue weighted by Gasteiger charge is 2.39. The van der Waals surface area contributed by atoms with Crippen LogP contribution in [0.15, 0.2) is 77.7 Å². The fourth-order valence-electron chi connectivity index (χ4n) is 4.17. The molecular formula is C26H26N2O3S. The van der Waals surface area contributed by atoms with Gasteiger partial charge in [0.25, 0.3) is 15.9 Å². The monoisotopic (exact) mass is 446 g/mol. The molecule has 4 rings (SSSR count). The summed E-state index contributed by atoms with van der Waals surface area (Å²) in [7, 11) is -2.57. The van der Waals surface area contributed by atoms with Crippen LogP contribution in [-0.2, 0) is 14.8 Å². The van der Waals surface area contributed by atoms with Gasteiger partial charge in [0.2, 0.25) is 0 Å². The molecule has 0 unspecified atom stereocenters. The van der Waals surface area contributed by atoms with E-state index < -0.39 is 15.9 Å².